The molecule has 2 aliphatic rings. The van der Waals surface area contributed by atoms with Crippen molar-refractivity contribution in [2.45, 2.75) is 32.3 Å². The summed E-state index contributed by atoms with van der Waals surface area (Å²) in [7, 11) is 0. The highest BCUT2D eigenvalue weighted by Gasteiger charge is 2.49. The zero-order chi connectivity index (χ0) is 17.1. The summed E-state index contributed by atoms with van der Waals surface area (Å²) in [6, 6.07) is 7.63. The van der Waals surface area contributed by atoms with Crippen LogP contribution < -0.4 is 15.4 Å². The third kappa shape index (κ3) is 4.74. The first kappa shape index (κ1) is 22.0. The van der Waals surface area contributed by atoms with Gasteiger partial charge in [-0.15, -0.1) is 36.2 Å². The van der Waals surface area contributed by atoms with Gasteiger partial charge in [0.05, 0.1) is 16.6 Å². The Morgan fingerprint density at radius 1 is 1.37 bits per heavy atom. The van der Waals surface area contributed by atoms with Gasteiger partial charge >= 0.3 is 0 Å². The number of anilines is 1. The number of hydrogen-bond donors (Lipinski definition) is 2. The van der Waals surface area contributed by atoms with Crippen LogP contribution in [-0.4, -0.2) is 24.0 Å². The Morgan fingerprint density at radius 2 is 2.26 bits per heavy atom. The maximum absolute atomic E-state index is 13.0. The SMILES string of the molecule is Cl.Cl.O=C(Nc1cccc(OCc2cscn2)c1)[C@@]12CCCC[C@H]1CNC2. The highest BCUT2D eigenvalue weighted by Crippen LogP contribution is 2.44. The lowest BCUT2D eigenvalue weighted by atomic mass is 9.67. The van der Waals surface area contributed by atoms with Crippen molar-refractivity contribution in [2.75, 3.05) is 18.4 Å². The number of amides is 1. The highest BCUT2D eigenvalue weighted by molar-refractivity contribution is 7.07. The van der Waals surface area contributed by atoms with Gasteiger partial charge in [0.25, 0.3) is 0 Å². The molecule has 1 aliphatic carbocycles. The van der Waals surface area contributed by atoms with E-state index in [1.807, 2.05) is 29.6 Å². The van der Waals surface area contributed by atoms with Crippen molar-refractivity contribution >= 4 is 47.7 Å². The number of carbonyl (C=O) groups excluding carboxylic acids is 1. The predicted octanol–water partition coefficient (Wildman–Crippen LogP) is 4.28. The molecule has 2 aromatic rings. The standard InChI is InChI=1S/C19H23N3O2S.2ClH/c23-18(19-7-2-1-4-14(19)9-20-12-19)22-15-5-3-6-17(8-15)24-10-16-11-25-13-21-16;;/h3,5-6,8,11,13-14,20H,1-2,4,7,9-10,12H2,(H,22,23);2*1H/t14-,19+;;/m0../s1. The molecule has 0 bridgehead atoms. The van der Waals surface area contributed by atoms with Crippen molar-refractivity contribution in [2.24, 2.45) is 11.3 Å². The molecular formula is C19H25Cl2N3O2S. The number of benzene rings is 1. The van der Waals surface area contributed by atoms with Crippen LogP contribution in [0.25, 0.3) is 0 Å². The average Bonchev–Trinajstić information content (AvgIpc) is 3.30. The Labute approximate surface area is 176 Å². The van der Waals surface area contributed by atoms with Crippen LogP contribution in [0.5, 0.6) is 5.75 Å². The van der Waals surface area contributed by atoms with Crippen molar-refractivity contribution in [1.82, 2.24) is 10.3 Å². The molecule has 5 nitrogen and oxygen atoms in total. The Kier molecular flexibility index (Phi) is 7.91. The minimum Gasteiger partial charge on any atom is -0.487 e. The van der Waals surface area contributed by atoms with Gasteiger partial charge in [0.2, 0.25) is 5.91 Å². The lowest BCUT2D eigenvalue weighted by Gasteiger charge is -2.37. The monoisotopic (exact) mass is 429 g/mol. The topological polar surface area (TPSA) is 63.2 Å². The molecule has 0 unspecified atom stereocenters. The molecule has 1 aromatic carbocycles. The number of aromatic nitrogens is 1. The van der Waals surface area contributed by atoms with Crippen molar-refractivity contribution in [3.05, 3.63) is 40.8 Å². The van der Waals surface area contributed by atoms with Crippen molar-refractivity contribution < 1.29 is 9.53 Å². The Hall–Kier alpha value is -1.34. The summed E-state index contributed by atoms with van der Waals surface area (Å²) in [5.74, 6) is 1.36. The minimum atomic E-state index is -0.240. The molecule has 4 rings (SSSR count). The molecule has 1 aliphatic heterocycles. The third-order valence-electron chi connectivity index (χ3n) is 5.45. The second kappa shape index (κ2) is 9.73. The van der Waals surface area contributed by atoms with Gasteiger partial charge in [-0.25, -0.2) is 4.98 Å². The van der Waals surface area contributed by atoms with E-state index in [-0.39, 0.29) is 36.1 Å². The molecule has 27 heavy (non-hydrogen) atoms. The zero-order valence-electron chi connectivity index (χ0n) is 15.0. The average molecular weight is 430 g/mol. The molecule has 8 heteroatoms. The van der Waals surface area contributed by atoms with Crippen LogP contribution >= 0.6 is 36.2 Å². The second-order valence-electron chi connectivity index (χ2n) is 6.98. The van der Waals surface area contributed by atoms with E-state index in [2.05, 4.69) is 15.6 Å². The number of carbonyl (C=O) groups is 1. The number of nitrogens with one attached hydrogen (secondary N) is 2. The summed E-state index contributed by atoms with van der Waals surface area (Å²) in [6.45, 7) is 2.20. The van der Waals surface area contributed by atoms with Gasteiger partial charge in [-0.1, -0.05) is 18.9 Å². The summed E-state index contributed by atoms with van der Waals surface area (Å²) < 4.78 is 5.78. The molecule has 148 valence electrons. The Balaban J connectivity index is 0.00000131. The van der Waals surface area contributed by atoms with E-state index in [1.54, 1.807) is 16.8 Å². The number of rotatable bonds is 5. The number of nitrogens with zero attached hydrogens (tertiary/aromatic N) is 1. The summed E-state index contributed by atoms with van der Waals surface area (Å²) in [4.78, 5) is 17.2. The first-order chi connectivity index (χ1) is 12.3. The van der Waals surface area contributed by atoms with E-state index in [1.165, 1.54) is 6.42 Å². The lowest BCUT2D eigenvalue weighted by molar-refractivity contribution is -0.128. The summed E-state index contributed by atoms with van der Waals surface area (Å²) >= 11 is 1.56. The van der Waals surface area contributed by atoms with Gasteiger partial charge in [-0.2, -0.15) is 0 Å². The second-order valence-corrected chi connectivity index (χ2v) is 7.70. The third-order valence-corrected chi connectivity index (χ3v) is 6.09. The van der Waals surface area contributed by atoms with E-state index in [9.17, 15) is 4.79 Å². The molecule has 1 amide bonds. The number of hydrogen-bond acceptors (Lipinski definition) is 5. The molecule has 2 fully saturated rings. The normalized spacial score (nSPS) is 23.5. The zero-order valence-corrected chi connectivity index (χ0v) is 17.4. The molecule has 1 saturated carbocycles. The van der Waals surface area contributed by atoms with Crippen LogP contribution in [0.3, 0.4) is 0 Å². The van der Waals surface area contributed by atoms with E-state index in [4.69, 9.17) is 4.74 Å². The first-order valence-electron chi connectivity index (χ1n) is 8.88. The molecular weight excluding hydrogens is 405 g/mol. The smallest absolute Gasteiger partial charge is 0.232 e. The molecule has 0 radical (unpaired) electrons. The van der Waals surface area contributed by atoms with Crippen LogP contribution in [0.2, 0.25) is 0 Å². The van der Waals surface area contributed by atoms with Gasteiger partial charge in [0, 0.05) is 23.7 Å². The quantitative estimate of drug-likeness (QED) is 0.743. The van der Waals surface area contributed by atoms with Crippen molar-refractivity contribution in [1.29, 1.82) is 0 Å². The molecule has 0 spiro atoms. The largest absolute Gasteiger partial charge is 0.487 e. The number of fused-ring (bicyclic) bond motifs is 1. The fourth-order valence-electron chi connectivity index (χ4n) is 4.08. The van der Waals surface area contributed by atoms with Gasteiger partial charge in [-0.3, -0.25) is 4.79 Å². The van der Waals surface area contributed by atoms with Gasteiger partial charge in [0.1, 0.15) is 12.4 Å². The van der Waals surface area contributed by atoms with Crippen molar-refractivity contribution in [3.63, 3.8) is 0 Å². The van der Waals surface area contributed by atoms with Crippen molar-refractivity contribution in [3.8, 4) is 5.75 Å². The van der Waals surface area contributed by atoms with Crippen LogP contribution in [0.4, 0.5) is 5.69 Å². The maximum atomic E-state index is 13.0. The number of thiazole rings is 1. The summed E-state index contributed by atoms with van der Waals surface area (Å²) in [6.07, 6.45) is 4.51. The van der Waals surface area contributed by atoms with E-state index in [0.29, 0.717) is 12.5 Å². The minimum absolute atomic E-state index is 0. The van der Waals surface area contributed by atoms with Crippen LogP contribution in [-0.2, 0) is 11.4 Å². The van der Waals surface area contributed by atoms with Gasteiger partial charge in [0.15, 0.2) is 0 Å². The number of halogens is 2. The molecule has 2 heterocycles. The lowest BCUT2D eigenvalue weighted by Crippen LogP contribution is -2.44. The summed E-state index contributed by atoms with van der Waals surface area (Å²) in [5.41, 5.74) is 3.27. The molecule has 1 aromatic heterocycles. The molecule has 1 saturated heterocycles. The van der Waals surface area contributed by atoms with E-state index >= 15 is 0 Å². The fraction of sp³-hybridized carbons (Fsp3) is 0.474. The van der Waals surface area contributed by atoms with Gasteiger partial charge in [-0.05, 0) is 37.4 Å². The molecule has 2 N–H and O–H groups in total. The van der Waals surface area contributed by atoms with Crippen LogP contribution in [0.15, 0.2) is 35.2 Å². The number of ether oxygens (including phenoxy) is 1. The fourth-order valence-corrected chi connectivity index (χ4v) is 4.62. The highest BCUT2D eigenvalue weighted by atomic mass is 35.5. The van der Waals surface area contributed by atoms with E-state index in [0.717, 1.165) is 49.5 Å². The van der Waals surface area contributed by atoms with Crippen LogP contribution in [0, 0.1) is 11.3 Å². The Morgan fingerprint density at radius 3 is 3.07 bits per heavy atom. The predicted molar refractivity (Wildman–Crippen MR) is 113 cm³/mol. The first-order valence-corrected chi connectivity index (χ1v) is 9.83. The van der Waals surface area contributed by atoms with Gasteiger partial charge < -0.3 is 15.4 Å². The summed E-state index contributed by atoms with van der Waals surface area (Å²) in [5, 5.41) is 8.54. The van der Waals surface area contributed by atoms with Crippen LogP contribution in [0.1, 0.15) is 31.4 Å². The Bertz CT molecular complexity index is 744. The maximum Gasteiger partial charge on any atom is 0.232 e. The molecule has 2 atom stereocenters. The van der Waals surface area contributed by atoms with E-state index < -0.39 is 0 Å².